The molecule has 1 fully saturated rings. The van der Waals surface area contributed by atoms with E-state index in [9.17, 15) is 4.79 Å². The SMILES string of the molecule is CCC1CCCN1c1nc(CCC(=O)OC)cs1. The Hall–Kier alpha value is -1.10. The monoisotopic (exact) mass is 268 g/mol. The Kier molecular flexibility index (Phi) is 4.58. The van der Waals surface area contributed by atoms with Crippen LogP contribution in [0.2, 0.25) is 0 Å². The predicted octanol–water partition coefficient (Wildman–Crippen LogP) is 2.63. The lowest BCUT2D eigenvalue weighted by Crippen LogP contribution is -2.28. The fraction of sp³-hybridized carbons (Fsp3) is 0.692. The fourth-order valence-corrected chi connectivity index (χ4v) is 3.34. The molecule has 1 aromatic rings. The maximum Gasteiger partial charge on any atom is 0.305 e. The summed E-state index contributed by atoms with van der Waals surface area (Å²) < 4.78 is 4.64. The second-order valence-corrected chi connectivity index (χ2v) is 5.43. The molecule has 18 heavy (non-hydrogen) atoms. The number of methoxy groups -OCH3 is 1. The standard InChI is InChI=1S/C13H20N2O2S/c1-3-11-5-4-8-15(11)13-14-10(9-18-13)6-7-12(16)17-2/h9,11H,3-8H2,1-2H3. The molecule has 0 amide bonds. The molecule has 0 bridgehead atoms. The zero-order chi connectivity index (χ0) is 13.0. The number of thiazole rings is 1. The van der Waals surface area contributed by atoms with Crippen molar-refractivity contribution in [3.63, 3.8) is 0 Å². The van der Waals surface area contributed by atoms with Crippen LogP contribution in [0.15, 0.2) is 5.38 Å². The molecule has 0 aromatic carbocycles. The third-order valence-corrected chi connectivity index (χ3v) is 4.37. The first-order valence-electron chi connectivity index (χ1n) is 6.52. The molecule has 1 atom stereocenters. The second kappa shape index (κ2) is 6.18. The Morgan fingerprint density at radius 3 is 3.22 bits per heavy atom. The summed E-state index contributed by atoms with van der Waals surface area (Å²) >= 11 is 1.69. The van der Waals surface area contributed by atoms with E-state index >= 15 is 0 Å². The number of aromatic nitrogens is 1. The Balaban J connectivity index is 1.95. The van der Waals surface area contributed by atoms with Crippen LogP contribution in [0, 0.1) is 0 Å². The van der Waals surface area contributed by atoms with Crippen molar-refractivity contribution in [1.82, 2.24) is 4.98 Å². The highest BCUT2D eigenvalue weighted by Gasteiger charge is 2.25. The molecule has 1 aliphatic rings. The van der Waals surface area contributed by atoms with E-state index in [-0.39, 0.29) is 5.97 Å². The fourth-order valence-electron chi connectivity index (χ4n) is 2.39. The minimum Gasteiger partial charge on any atom is -0.469 e. The quantitative estimate of drug-likeness (QED) is 0.770. The first-order chi connectivity index (χ1) is 8.74. The van der Waals surface area contributed by atoms with Gasteiger partial charge in [0.05, 0.1) is 19.2 Å². The summed E-state index contributed by atoms with van der Waals surface area (Å²) in [6.07, 6.45) is 4.80. The Morgan fingerprint density at radius 1 is 1.67 bits per heavy atom. The smallest absolute Gasteiger partial charge is 0.305 e. The summed E-state index contributed by atoms with van der Waals surface area (Å²) in [7, 11) is 1.42. The zero-order valence-electron chi connectivity index (χ0n) is 11.0. The van der Waals surface area contributed by atoms with Crippen molar-refractivity contribution in [1.29, 1.82) is 0 Å². The molecule has 1 unspecified atom stereocenters. The lowest BCUT2D eigenvalue weighted by Gasteiger charge is -2.22. The molecule has 2 heterocycles. The highest BCUT2D eigenvalue weighted by molar-refractivity contribution is 7.13. The number of ether oxygens (including phenoxy) is 1. The van der Waals surface area contributed by atoms with Crippen molar-refractivity contribution in [3.8, 4) is 0 Å². The van der Waals surface area contributed by atoms with Crippen molar-refractivity contribution in [2.75, 3.05) is 18.6 Å². The van der Waals surface area contributed by atoms with Crippen LogP contribution >= 0.6 is 11.3 Å². The molecule has 0 radical (unpaired) electrons. The third kappa shape index (κ3) is 3.02. The van der Waals surface area contributed by atoms with Crippen LogP contribution in [-0.4, -0.2) is 30.6 Å². The lowest BCUT2D eigenvalue weighted by molar-refractivity contribution is -0.140. The summed E-state index contributed by atoms with van der Waals surface area (Å²) in [5.74, 6) is -0.169. The van der Waals surface area contributed by atoms with Gasteiger partial charge in [0.2, 0.25) is 0 Å². The molecule has 1 aromatic heterocycles. The van der Waals surface area contributed by atoms with Gasteiger partial charge in [-0.25, -0.2) is 4.98 Å². The van der Waals surface area contributed by atoms with E-state index in [0.717, 1.165) is 17.4 Å². The van der Waals surface area contributed by atoms with Crippen molar-refractivity contribution in [2.24, 2.45) is 0 Å². The van der Waals surface area contributed by atoms with Gasteiger partial charge < -0.3 is 9.64 Å². The lowest BCUT2D eigenvalue weighted by atomic mass is 10.2. The van der Waals surface area contributed by atoms with Gasteiger partial charge in [0, 0.05) is 24.4 Å². The summed E-state index contributed by atoms with van der Waals surface area (Å²) in [6.45, 7) is 3.34. The van der Waals surface area contributed by atoms with E-state index in [0.29, 0.717) is 18.9 Å². The van der Waals surface area contributed by atoms with E-state index in [1.807, 2.05) is 0 Å². The Morgan fingerprint density at radius 2 is 2.50 bits per heavy atom. The molecule has 1 aliphatic heterocycles. The molecule has 0 N–H and O–H groups in total. The van der Waals surface area contributed by atoms with Gasteiger partial charge in [-0.3, -0.25) is 4.79 Å². The molecular formula is C13H20N2O2S. The van der Waals surface area contributed by atoms with E-state index in [4.69, 9.17) is 0 Å². The number of rotatable bonds is 5. The Bertz CT molecular complexity index is 405. The Labute approximate surface area is 112 Å². The third-order valence-electron chi connectivity index (χ3n) is 3.45. The van der Waals surface area contributed by atoms with Crippen LogP contribution in [0.25, 0.3) is 0 Å². The van der Waals surface area contributed by atoms with Gasteiger partial charge in [0.15, 0.2) is 5.13 Å². The minimum atomic E-state index is -0.169. The number of esters is 1. The van der Waals surface area contributed by atoms with Gasteiger partial charge in [0.25, 0.3) is 0 Å². The van der Waals surface area contributed by atoms with Crippen LogP contribution < -0.4 is 4.90 Å². The number of hydrogen-bond donors (Lipinski definition) is 0. The van der Waals surface area contributed by atoms with Crippen molar-refractivity contribution in [2.45, 2.75) is 45.1 Å². The molecular weight excluding hydrogens is 248 g/mol. The summed E-state index contributed by atoms with van der Waals surface area (Å²) in [5, 5.41) is 3.17. The van der Waals surface area contributed by atoms with E-state index in [1.54, 1.807) is 11.3 Å². The van der Waals surface area contributed by atoms with Crippen molar-refractivity contribution >= 4 is 22.4 Å². The maximum atomic E-state index is 11.1. The van der Waals surface area contributed by atoms with E-state index < -0.39 is 0 Å². The zero-order valence-corrected chi connectivity index (χ0v) is 11.8. The molecule has 2 rings (SSSR count). The van der Waals surface area contributed by atoms with Crippen molar-refractivity contribution < 1.29 is 9.53 Å². The molecule has 100 valence electrons. The second-order valence-electron chi connectivity index (χ2n) is 4.60. The van der Waals surface area contributed by atoms with Gasteiger partial charge >= 0.3 is 5.97 Å². The molecule has 4 nitrogen and oxygen atoms in total. The van der Waals surface area contributed by atoms with E-state index in [2.05, 4.69) is 26.9 Å². The molecule has 0 aliphatic carbocycles. The number of hydrogen-bond acceptors (Lipinski definition) is 5. The predicted molar refractivity (Wildman–Crippen MR) is 73.1 cm³/mol. The number of nitrogens with zero attached hydrogens (tertiary/aromatic N) is 2. The van der Waals surface area contributed by atoms with Gasteiger partial charge in [-0.05, 0) is 19.3 Å². The van der Waals surface area contributed by atoms with Gasteiger partial charge in [-0.15, -0.1) is 11.3 Å². The average molecular weight is 268 g/mol. The summed E-state index contributed by atoms with van der Waals surface area (Å²) in [4.78, 5) is 18.1. The highest BCUT2D eigenvalue weighted by Crippen LogP contribution is 2.30. The van der Waals surface area contributed by atoms with Gasteiger partial charge in [0.1, 0.15) is 0 Å². The van der Waals surface area contributed by atoms with Crippen LogP contribution in [0.4, 0.5) is 5.13 Å². The number of carbonyl (C=O) groups excluding carboxylic acids is 1. The first kappa shape index (κ1) is 13.3. The van der Waals surface area contributed by atoms with Crippen molar-refractivity contribution in [3.05, 3.63) is 11.1 Å². The van der Waals surface area contributed by atoms with Crippen LogP contribution in [0.1, 0.15) is 38.3 Å². The van der Waals surface area contributed by atoms with Crippen LogP contribution in [0.3, 0.4) is 0 Å². The number of anilines is 1. The van der Waals surface area contributed by atoms with Gasteiger partial charge in [-0.1, -0.05) is 6.92 Å². The molecule has 5 heteroatoms. The number of carbonyl (C=O) groups is 1. The first-order valence-corrected chi connectivity index (χ1v) is 7.40. The average Bonchev–Trinajstić information content (AvgIpc) is 3.03. The maximum absolute atomic E-state index is 11.1. The topological polar surface area (TPSA) is 42.4 Å². The van der Waals surface area contributed by atoms with E-state index in [1.165, 1.54) is 26.4 Å². The normalized spacial score (nSPS) is 19.2. The summed E-state index contributed by atoms with van der Waals surface area (Å²) in [6, 6.07) is 0.643. The minimum absolute atomic E-state index is 0.169. The molecule has 1 saturated heterocycles. The molecule has 0 spiro atoms. The van der Waals surface area contributed by atoms with Gasteiger partial charge in [-0.2, -0.15) is 0 Å². The highest BCUT2D eigenvalue weighted by atomic mass is 32.1. The molecule has 0 saturated carbocycles. The van der Waals surface area contributed by atoms with Crippen LogP contribution in [0.5, 0.6) is 0 Å². The number of aryl methyl sites for hydroxylation is 1. The largest absolute Gasteiger partial charge is 0.469 e. The van der Waals surface area contributed by atoms with Crippen LogP contribution in [-0.2, 0) is 16.0 Å². The summed E-state index contributed by atoms with van der Waals surface area (Å²) in [5.41, 5.74) is 1.00.